The topological polar surface area (TPSA) is 105 Å². The standard InChI is InChI=1S/C37H42Cl2N8O4/c1-4-26(3)47-36(48)45(25-42-47)30-9-7-29(8-10-30)43-16-18-44(19-17-43)31-11-13-35(27(5-2)20-31)49-22-32-23-50-37(51-32,24-46-40-14-15-41-46)33-12-6-28(38)21-34(33)39/h6-15,20-21,25-26,32H,4-5,16-19,22-24H2,1-3H3. The summed E-state index contributed by atoms with van der Waals surface area (Å²) in [5.41, 5.74) is 4.80. The van der Waals surface area contributed by atoms with Gasteiger partial charge in [-0.1, -0.05) is 43.1 Å². The van der Waals surface area contributed by atoms with Crippen LogP contribution in [0.5, 0.6) is 5.75 Å². The molecule has 4 heterocycles. The summed E-state index contributed by atoms with van der Waals surface area (Å²) in [6, 6.07) is 19.9. The summed E-state index contributed by atoms with van der Waals surface area (Å²) in [6.07, 6.45) is 6.15. The van der Waals surface area contributed by atoms with E-state index in [0.29, 0.717) is 28.8 Å². The summed E-state index contributed by atoms with van der Waals surface area (Å²) < 4.78 is 22.3. The molecule has 7 rings (SSSR count). The van der Waals surface area contributed by atoms with Crippen LogP contribution in [-0.2, 0) is 28.2 Å². The zero-order chi connectivity index (χ0) is 35.5. The van der Waals surface area contributed by atoms with E-state index in [2.05, 4.69) is 69.3 Å². The van der Waals surface area contributed by atoms with Gasteiger partial charge in [0.25, 0.3) is 0 Å². The second-order valence-corrected chi connectivity index (χ2v) is 13.8. The van der Waals surface area contributed by atoms with Crippen molar-refractivity contribution in [3.8, 4) is 11.4 Å². The number of ether oxygens (including phenoxy) is 3. The van der Waals surface area contributed by atoms with E-state index in [1.165, 1.54) is 10.5 Å². The summed E-state index contributed by atoms with van der Waals surface area (Å²) >= 11 is 12.8. The lowest BCUT2D eigenvalue weighted by atomic mass is 10.1. The van der Waals surface area contributed by atoms with E-state index < -0.39 is 5.79 Å². The molecular formula is C37H42Cl2N8O4. The van der Waals surface area contributed by atoms with Crippen LogP contribution in [0.4, 0.5) is 11.4 Å². The van der Waals surface area contributed by atoms with Gasteiger partial charge in [-0.3, -0.25) is 0 Å². The molecule has 12 nitrogen and oxygen atoms in total. The smallest absolute Gasteiger partial charge is 0.350 e. The van der Waals surface area contributed by atoms with Gasteiger partial charge in [0, 0.05) is 48.1 Å². The van der Waals surface area contributed by atoms with Crippen molar-refractivity contribution in [3.05, 3.63) is 111 Å². The fourth-order valence-corrected chi connectivity index (χ4v) is 7.20. The van der Waals surface area contributed by atoms with Crippen LogP contribution < -0.4 is 20.2 Å². The summed E-state index contributed by atoms with van der Waals surface area (Å²) in [6.45, 7) is 10.6. The van der Waals surface area contributed by atoms with Crippen molar-refractivity contribution in [2.24, 2.45) is 0 Å². The quantitative estimate of drug-likeness (QED) is 0.150. The van der Waals surface area contributed by atoms with Gasteiger partial charge in [-0.2, -0.15) is 20.1 Å². The number of hydrogen-bond donors (Lipinski definition) is 0. The molecule has 2 aliphatic heterocycles. The van der Waals surface area contributed by atoms with E-state index >= 15 is 0 Å². The van der Waals surface area contributed by atoms with Crippen LogP contribution in [0.2, 0.25) is 10.0 Å². The molecule has 3 aromatic carbocycles. The molecule has 0 amide bonds. The van der Waals surface area contributed by atoms with Gasteiger partial charge in [0.15, 0.2) is 0 Å². The van der Waals surface area contributed by atoms with Crippen molar-refractivity contribution in [1.82, 2.24) is 29.3 Å². The van der Waals surface area contributed by atoms with E-state index in [1.54, 1.807) is 40.1 Å². The van der Waals surface area contributed by atoms with Crippen LogP contribution in [-0.4, -0.2) is 74.8 Å². The van der Waals surface area contributed by atoms with E-state index in [9.17, 15) is 4.79 Å². The Bertz CT molecular complexity index is 1990. The van der Waals surface area contributed by atoms with Gasteiger partial charge in [0.2, 0.25) is 5.79 Å². The minimum Gasteiger partial charge on any atom is -0.491 e. The average Bonchev–Trinajstić information content (AvgIpc) is 3.91. The number of anilines is 2. The normalized spacial score (nSPS) is 19.8. The SMILES string of the molecule is CCc1cc(N2CCN(c3ccc(-n4cnn(C(C)CC)c4=O)cc3)CC2)ccc1OCC1COC(Cn2nccn2)(c2ccc(Cl)cc2Cl)O1. The van der Waals surface area contributed by atoms with Crippen LogP contribution in [0.15, 0.2) is 84.2 Å². The van der Waals surface area contributed by atoms with Crippen molar-refractivity contribution in [2.75, 3.05) is 49.2 Å². The van der Waals surface area contributed by atoms with Gasteiger partial charge in [0.05, 0.1) is 35.8 Å². The summed E-state index contributed by atoms with van der Waals surface area (Å²) in [4.78, 5) is 19.2. The maximum Gasteiger partial charge on any atom is 0.350 e. The van der Waals surface area contributed by atoms with Crippen LogP contribution in [0.25, 0.3) is 5.69 Å². The first-order valence-electron chi connectivity index (χ1n) is 17.4. The predicted octanol–water partition coefficient (Wildman–Crippen LogP) is 6.14. The van der Waals surface area contributed by atoms with Crippen molar-refractivity contribution in [1.29, 1.82) is 0 Å². The Labute approximate surface area is 307 Å². The molecule has 0 bridgehead atoms. The van der Waals surface area contributed by atoms with Gasteiger partial charge < -0.3 is 24.0 Å². The molecule has 2 aromatic heterocycles. The maximum atomic E-state index is 12.8. The summed E-state index contributed by atoms with van der Waals surface area (Å²) in [5, 5.41) is 13.8. The number of hydrogen-bond acceptors (Lipinski definition) is 9. The monoisotopic (exact) mass is 732 g/mol. The lowest BCUT2D eigenvalue weighted by molar-refractivity contribution is -0.192. The van der Waals surface area contributed by atoms with Crippen molar-refractivity contribution < 1.29 is 14.2 Å². The minimum absolute atomic E-state index is 0.0629. The highest BCUT2D eigenvalue weighted by atomic mass is 35.5. The maximum absolute atomic E-state index is 12.8. The first-order valence-corrected chi connectivity index (χ1v) is 18.2. The van der Waals surface area contributed by atoms with E-state index in [-0.39, 0.29) is 24.4 Å². The zero-order valence-electron chi connectivity index (χ0n) is 29.0. The number of piperazine rings is 1. The van der Waals surface area contributed by atoms with Crippen molar-refractivity contribution in [3.63, 3.8) is 0 Å². The lowest BCUT2D eigenvalue weighted by Gasteiger charge is -2.37. The second kappa shape index (κ2) is 15.1. The Balaban J connectivity index is 0.965. The van der Waals surface area contributed by atoms with Crippen LogP contribution in [0, 0.1) is 0 Å². The van der Waals surface area contributed by atoms with E-state index in [4.69, 9.17) is 37.4 Å². The predicted molar refractivity (Wildman–Crippen MR) is 198 cm³/mol. The van der Waals surface area contributed by atoms with Gasteiger partial charge >= 0.3 is 5.69 Å². The molecule has 14 heteroatoms. The summed E-state index contributed by atoms with van der Waals surface area (Å²) in [7, 11) is 0. The lowest BCUT2D eigenvalue weighted by Crippen LogP contribution is -2.46. The largest absolute Gasteiger partial charge is 0.491 e. The zero-order valence-corrected chi connectivity index (χ0v) is 30.5. The Hall–Kier alpha value is -4.36. The highest BCUT2D eigenvalue weighted by Gasteiger charge is 2.46. The molecule has 268 valence electrons. The number of rotatable bonds is 12. The molecule has 0 spiro atoms. The third-order valence-corrected chi connectivity index (χ3v) is 10.3. The first kappa shape index (κ1) is 35.1. The minimum atomic E-state index is -1.19. The Morgan fingerprint density at radius 2 is 1.59 bits per heavy atom. The van der Waals surface area contributed by atoms with E-state index in [1.807, 2.05) is 25.1 Å². The molecule has 0 N–H and O–H groups in total. The van der Waals surface area contributed by atoms with Crippen LogP contribution in [0.1, 0.15) is 44.4 Å². The Morgan fingerprint density at radius 1 is 0.902 bits per heavy atom. The second-order valence-electron chi connectivity index (χ2n) is 12.9. The average molecular weight is 734 g/mol. The number of benzene rings is 3. The van der Waals surface area contributed by atoms with Gasteiger partial charge in [-0.05, 0) is 79.9 Å². The third-order valence-electron chi connectivity index (χ3n) is 9.71. The third kappa shape index (κ3) is 7.36. The molecule has 0 radical (unpaired) electrons. The first-order chi connectivity index (χ1) is 24.8. The van der Waals surface area contributed by atoms with E-state index in [0.717, 1.165) is 61.7 Å². The summed E-state index contributed by atoms with van der Waals surface area (Å²) in [5.74, 6) is -0.360. The molecule has 5 aromatic rings. The van der Waals surface area contributed by atoms with Crippen molar-refractivity contribution in [2.45, 2.75) is 58.1 Å². The molecule has 2 fully saturated rings. The molecular weight excluding hydrogens is 691 g/mol. The van der Waals surface area contributed by atoms with Gasteiger partial charge in [-0.15, -0.1) is 0 Å². The highest BCUT2D eigenvalue weighted by molar-refractivity contribution is 6.35. The van der Waals surface area contributed by atoms with Crippen molar-refractivity contribution >= 4 is 34.6 Å². The molecule has 0 aliphatic carbocycles. The fraction of sp³-hybridized carbons (Fsp3) is 0.405. The van der Waals surface area contributed by atoms with Gasteiger partial charge in [-0.25, -0.2) is 14.0 Å². The van der Waals surface area contributed by atoms with Crippen LogP contribution >= 0.6 is 23.2 Å². The van der Waals surface area contributed by atoms with Gasteiger partial charge in [0.1, 0.15) is 31.3 Å². The molecule has 51 heavy (non-hydrogen) atoms. The van der Waals surface area contributed by atoms with Crippen LogP contribution in [0.3, 0.4) is 0 Å². The number of nitrogens with zero attached hydrogens (tertiary/aromatic N) is 8. The number of aromatic nitrogens is 6. The molecule has 3 atom stereocenters. The molecule has 0 saturated carbocycles. The number of halogens is 2. The fourth-order valence-electron chi connectivity index (χ4n) is 6.64. The molecule has 2 aliphatic rings. The molecule has 2 saturated heterocycles. The Kier molecular flexibility index (Phi) is 10.4. The Morgan fingerprint density at radius 3 is 2.27 bits per heavy atom. The molecule has 3 unspecified atom stereocenters. The number of aryl methyl sites for hydroxylation is 1. The highest BCUT2D eigenvalue weighted by Crippen LogP contribution is 2.40.